The summed E-state index contributed by atoms with van der Waals surface area (Å²) in [5.41, 5.74) is -0.668. The number of hydrogen-bond donors (Lipinski definition) is 1. The Morgan fingerprint density at radius 2 is 1.62 bits per heavy atom. The lowest BCUT2D eigenvalue weighted by atomic mass is 10.1. The Hall–Kier alpha value is -5.16. The Labute approximate surface area is 280 Å². The number of hydrogen-bond acceptors (Lipinski definition) is 10. The topological polar surface area (TPSA) is 154 Å². The van der Waals surface area contributed by atoms with Gasteiger partial charge < -0.3 is 33.9 Å². The minimum Gasteiger partial charge on any atom is -0.497 e. The SMILES string of the molecule is [C-]#[N+]c1ccc(NC(=O)[C@H](OC(C)=O)[C@H]2OCCN(Cc3ccc(OC)cc3)C2=O)cc1CN(C(=O)OC(C)(C)C)C(=O)OC(C)(C)C. The van der Waals surface area contributed by atoms with Crippen molar-refractivity contribution < 1.29 is 47.7 Å². The molecule has 2 atom stereocenters. The summed E-state index contributed by atoms with van der Waals surface area (Å²) in [4.78, 5) is 71.0. The zero-order valence-electron chi connectivity index (χ0n) is 28.4. The van der Waals surface area contributed by atoms with Crippen LogP contribution in [0, 0.1) is 6.57 Å². The third kappa shape index (κ3) is 10.7. The van der Waals surface area contributed by atoms with Crippen molar-refractivity contribution in [3.8, 4) is 5.75 Å². The number of amides is 4. The molecule has 14 heteroatoms. The third-order valence-corrected chi connectivity index (χ3v) is 6.60. The number of nitrogens with one attached hydrogen (secondary N) is 1. The predicted molar refractivity (Wildman–Crippen MR) is 173 cm³/mol. The van der Waals surface area contributed by atoms with Crippen LogP contribution in [0.5, 0.6) is 5.75 Å². The molecule has 2 aromatic carbocycles. The molecule has 0 aliphatic carbocycles. The first-order valence-electron chi connectivity index (χ1n) is 15.2. The van der Waals surface area contributed by atoms with Crippen LogP contribution in [0.4, 0.5) is 21.0 Å². The summed E-state index contributed by atoms with van der Waals surface area (Å²) >= 11 is 0. The van der Waals surface area contributed by atoms with Crippen molar-refractivity contribution in [2.45, 2.75) is 85.0 Å². The molecular formula is C34H42N4O10. The zero-order chi connectivity index (χ0) is 35.8. The fraction of sp³-hybridized carbons (Fsp3) is 0.471. The van der Waals surface area contributed by atoms with Crippen LogP contribution in [0.1, 0.15) is 59.6 Å². The van der Waals surface area contributed by atoms with E-state index in [1.807, 2.05) is 12.1 Å². The molecule has 1 aliphatic heterocycles. The molecule has 4 amide bonds. The first kappa shape index (κ1) is 37.3. The highest BCUT2D eigenvalue weighted by atomic mass is 16.6. The highest BCUT2D eigenvalue weighted by Gasteiger charge is 2.42. The maximum Gasteiger partial charge on any atom is 0.420 e. The number of rotatable bonds is 9. The molecule has 0 radical (unpaired) electrons. The Balaban J connectivity index is 1.87. The number of benzene rings is 2. The van der Waals surface area contributed by atoms with Gasteiger partial charge in [-0.2, -0.15) is 0 Å². The van der Waals surface area contributed by atoms with Gasteiger partial charge >= 0.3 is 18.2 Å². The summed E-state index contributed by atoms with van der Waals surface area (Å²) in [6.45, 7) is 18.7. The van der Waals surface area contributed by atoms with Crippen LogP contribution < -0.4 is 10.1 Å². The van der Waals surface area contributed by atoms with Gasteiger partial charge in [-0.05, 0) is 76.9 Å². The molecule has 258 valence electrons. The third-order valence-electron chi connectivity index (χ3n) is 6.60. The fourth-order valence-electron chi connectivity index (χ4n) is 4.53. The molecule has 3 rings (SSSR count). The summed E-state index contributed by atoms with van der Waals surface area (Å²) in [6.07, 6.45) is -5.08. The van der Waals surface area contributed by atoms with Gasteiger partial charge in [-0.1, -0.05) is 18.2 Å². The van der Waals surface area contributed by atoms with E-state index in [-0.39, 0.29) is 36.6 Å². The number of anilines is 1. The van der Waals surface area contributed by atoms with Crippen LogP contribution in [0.15, 0.2) is 42.5 Å². The number of imide groups is 1. The largest absolute Gasteiger partial charge is 0.497 e. The van der Waals surface area contributed by atoms with Crippen LogP contribution in [0.25, 0.3) is 4.85 Å². The smallest absolute Gasteiger partial charge is 0.420 e. The van der Waals surface area contributed by atoms with E-state index in [4.69, 9.17) is 30.3 Å². The quantitative estimate of drug-likeness (QED) is 0.214. The van der Waals surface area contributed by atoms with Gasteiger partial charge in [-0.25, -0.2) is 19.3 Å². The average molecular weight is 667 g/mol. The maximum atomic E-state index is 13.6. The van der Waals surface area contributed by atoms with E-state index < -0.39 is 59.9 Å². The Bertz CT molecular complexity index is 1530. The molecule has 1 aliphatic rings. The first-order chi connectivity index (χ1) is 22.4. The normalized spacial score (nSPS) is 15.4. The monoisotopic (exact) mass is 666 g/mol. The van der Waals surface area contributed by atoms with E-state index in [0.29, 0.717) is 5.75 Å². The van der Waals surface area contributed by atoms with Gasteiger partial charge in [0.1, 0.15) is 17.0 Å². The molecule has 0 saturated carbocycles. The Morgan fingerprint density at radius 3 is 2.15 bits per heavy atom. The summed E-state index contributed by atoms with van der Waals surface area (Å²) in [5, 5.41) is 2.61. The lowest BCUT2D eigenvalue weighted by Gasteiger charge is -2.35. The second kappa shape index (κ2) is 15.6. The number of ether oxygens (including phenoxy) is 5. The van der Waals surface area contributed by atoms with Crippen molar-refractivity contribution in [2.75, 3.05) is 25.6 Å². The van der Waals surface area contributed by atoms with Crippen molar-refractivity contribution >= 4 is 41.3 Å². The summed E-state index contributed by atoms with van der Waals surface area (Å²) in [5.74, 6) is -1.57. The van der Waals surface area contributed by atoms with Gasteiger partial charge in [-0.15, -0.1) is 0 Å². The number of carbonyl (C=O) groups excluding carboxylic acids is 5. The Morgan fingerprint density at radius 1 is 1.02 bits per heavy atom. The molecule has 0 spiro atoms. The zero-order valence-corrected chi connectivity index (χ0v) is 28.4. The number of esters is 1. The second-order valence-electron chi connectivity index (χ2n) is 12.9. The van der Waals surface area contributed by atoms with Crippen molar-refractivity contribution in [1.82, 2.24) is 9.80 Å². The van der Waals surface area contributed by atoms with Gasteiger partial charge in [0.15, 0.2) is 11.8 Å². The number of morpholine rings is 1. The predicted octanol–water partition coefficient (Wildman–Crippen LogP) is 5.22. The molecular weight excluding hydrogens is 624 g/mol. The van der Waals surface area contributed by atoms with Gasteiger partial charge in [0.05, 0.1) is 26.8 Å². The number of carbonyl (C=O) groups is 5. The summed E-state index contributed by atoms with van der Waals surface area (Å²) in [7, 11) is 1.55. The molecule has 1 heterocycles. The van der Waals surface area contributed by atoms with Gasteiger partial charge in [0.2, 0.25) is 6.10 Å². The molecule has 0 bridgehead atoms. The number of nitrogens with zero attached hydrogens (tertiary/aromatic N) is 3. The fourth-order valence-corrected chi connectivity index (χ4v) is 4.53. The van der Waals surface area contributed by atoms with E-state index in [1.165, 1.54) is 23.1 Å². The summed E-state index contributed by atoms with van der Waals surface area (Å²) in [6, 6.07) is 11.3. The van der Waals surface area contributed by atoms with Crippen LogP contribution in [0.2, 0.25) is 0 Å². The van der Waals surface area contributed by atoms with Gasteiger partial charge in [-0.3, -0.25) is 14.4 Å². The van der Waals surface area contributed by atoms with E-state index in [2.05, 4.69) is 10.2 Å². The van der Waals surface area contributed by atoms with E-state index in [0.717, 1.165) is 17.4 Å². The van der Waals surface area contributed by atoms with Crippen molar-refractivity contribution in [3.63, 3.8) is 0 Å². The molecule has 1 fully saturated rings. The van der Waals surface area contributed by atoms with Gasteiger partial charge in [0.25, 0.3) is 11.8 Å². The second-order valence-corrected chi connectivity index (χ2v) is 12.9. The van der Waals surface area contributed by atoms with E-state index >= 15 is 0 Å². The minimum absolute atomic E-state index is 0.0848. The van der Waals surface area contributed by atoms with Crippen LogP contribution >= 0.6 is 0 Å². The molecule has 1 N–H and O–H groups in total. The highest BCUT2D eigenvalue weighted by Crippen LogP contribution is 2.28. The van der Waals surface area contributed by atoms with Crippen molar-refractivity contribution in [3.05, 3.63) is 65.0 Å². The lowest BCUT2D eigenvalue weighted by Crippen LogP contribution is -2.56. The van der Waals surface area contributed by atoms with E-state index in [9.17, 15) is 24.0 Å². The maximum absolute atomic E-state index is 13.6. The van der Waals surface area contributed by atoms with E-state index in [1.54, 1.807) is 60.8 Å². The summed E-state index contributed by atoms with van der Waals surface area (Å²) < 4.78 is 27.0. The lowest BCUT2D eigenvalue weighted by molar-refractivity contribution is -0.177. The van der Waals surface area contributed by atoms with Crippen molar-refractivity contribution in [1.29, 1.82) is 0 Å². The Kier molecular flexibility index (Phi) is 12.1. The molecule has 1 saturated heterocycles. The molecule has 0 unspecified atom stereocenters. The molecule has 0 aromatic heterocycles. The van der Waals surface area contributed by atoms with Crippen molar-refractivity contribution in [2.24, 2.45) is 0 Å². The molecule has 48 heavy (non-hydrogen) atoms. The standard InChI is InChI=1S/C34H42N4O10/c1-21(39)46-27(28-30(41)37(16-17-45-28)19-22-10-13-25(44-9)14-11-22)29(40)36-24-12-15-26(35-8)23(18-24)20-38(31(42)47-33(2,3)4)32(43)48-34(5,6)7/h10-15,18,27-28H,16-17,19-20H2,1-7,9H3,(H,36,40)/t27-,28-/m1/s1. The minimum atomic E-state index is -1.65. The highest BCUT2D eigenvalue weighted by molar-refractivity contribution is 6.00. The average Bonchev–Trinajstić information content (AvgIpc) is 2.98. The van der Waals surface area contributed by atoms with Crippen LogP contribution in [0.3, 0.4) is 0 Å². The molecule has 14 nitrogen and oxygen atoms in total. The molecule has 2 aromatic rings. The first-order valence-corrected chi connectivity index (χ1v) is 15.2. The number of methoxy groups -OCH3 is 1. The van der Waals surface area contributed by atoms with Crippen LogP contribution in [-0.4, -0.2) is 83.4 Å². The van der Waals surface area contributed by atoms with Gasteiger partial charge in [0, 0.05) is 25.7 Å². The van der Waals surface area contributed by atoms with Crippen LogP contribution in [-0.2, 0) is 46.4 Å².